The highest BCUT2D eigenvalue weighted by atomic mass is 79.9. The highest BCUT2D eigenvalue weighted by molar-refractivity contribution is 9.10. The van der Waals surface area contributed by atoms with Gasteiger partial charge in [-0.3, -0.25) is 0 Å². The van der Waals surface area contributed by atoms with Crippen LogP contribution in [-0.2, 0) is 0 Å². The number of pyridine rings is 1. The minimum atomic E-state index is -0.272. The Morgan fingerprint density at radius 2 is 2.14 bits per heavy atom. The molecular formula is C10H7BrFNO. The van der Waals surface area contributed by atoms with Gasteiger partial charge in [0.15, 0.2) is 0 Å². The Hall–Kier alpha value is -1.16. The lowest BCUT2D eigenvalue weighted by Gasteiger charge is -2.05. The topological polar surface area (TPSA) is 22.1 Å². The van der Waals surface area contributed by atoms with Gasteiger partial charge >= 0.3 is 0 Å². The van der Waals surface area contributed by atoms with E-state index in [9.17, 15) is 4.39 Å². The molecule has 14 heavy (non-hydrogen) atoms. The van der Waals surface area contributed by atoms with Crippen molar-refractivity contribution < 1.29 is 9.13 Å². The lowest BCUT2D eigenvalue weighted by Crippen LogP contribution is -1.90. The first-order valence-corrected chi connectivity index (χ1v) is 4.79. The summed E-state index contributed by atoms with van der Waals surface area (Å²) in [4.78, 5) is 4.06. The average molecular weight is 256 g/mol. The SMILES string of the molecule is COc1ncc(Br)c2cc(F)ccc12. The molecule has 0 saturated heterocycles. The van der Waals surface area contributed by atoms with E-state index in [0.29, 0.717) is 5.88 Å². The molecule has 0 N–H and O–H groups in total. The van der Waals surface area contributed by atoms with E-state index < -0.39 is 0 Å². The van der Waals surface area contributed by atoms with Crippen LogP contribution in [0.5, 0.6) is 5.88 Å². The van der Waals surface area contributed by atoms with Crippen molar-refractivity contribution in [2.24, 2.45) is 0 Å². The largest absolute Gasteiger partial charge is 0.481 e. The van der Waals surface area contributed by atoms with Crippen LogP contribution in [0.15, 0.2) is 28.9 Å². The molecule has 1 heterocycles. The van der Waals surface area contributed by atoms with Gasteiger partial charge in [0.25, 0.3) is 0 Å². The van der Waals surface area contributed by atoms with Gasteiger partial charge in [0.2, 0.25) is 5.88 Å². The molecule has 1 aromatic carbocycles. The average Bonchev–Trinajstić information content (AvgIpc) is 2.19. The second-order valence-electron chi connectivity index (χ2n) is 2.81. The van der Waals surface area contributed by atoms with E-state index >= 15 is 0 Å². The Kier molecular flexibility index (Phi) is 2.37. The lowest BCUT2D eigenvalue weighted by molar-refractivity contribution is 0.403. The molecule has 2 aromatic rings. The fourth-order valence-electron chi connectivity index (χ4n) is 1.32. The molecule has 0 atom stereocenters. The molecule has 4 heteroatoms. The highest BCUT2D eigenvalue weighted by Crippen LogP contribution is 2.29. The number of benzene rings is 1. The van der Waals surface area contributed by atoms with Gasteiger partial charge in [-0.1, -0.05) is 0 Å². The van der Waals surface area contributed by atoms with E-state index in [4.69, 9.17) is 4.74 Å². The zero-order chi connectivity index (χ0) is 10.1. The summed E-state index contributed by atoms with van der Waals surface area (Å²) in [5.74, 6) is 0.231. The van der Waals surface area contributed by atoms with Crippen molar-refractivity contribution in [1.29, 1.82) is 0 Å². The molecule has 2 rings (SSSR count). The lowest BCUT2D eigenvalue weighted by atomic mass is 10.2. The number of rotatable bonds is 1. The standard InChI is InChI=1S/C10H7BrFNO/c1-14-10-7-3-2-6(12)4-8(7)9(11)5-13-10/h2-5H,1H3. The van der Waals surface area contributed by atoms with Gasteiger partial charge in [0.05, 0.1) is 7.11 Å². The van der Waals surface area contributed by atoms with Gasteiger partial charge in [0.1, 0.15) is 5.82 Å². The van der Waals surface area contributed by atoms with Crippen molar-refractivity contribution in [2.75, 3.05) is 7.11 Å². The first kappa shape index (κ1) is 9.40. The summed E-state index contributed by atoms with van der Waals surface area (Å²) >= 11 is 3.31. The summed E-state index contributed by atoms with van der Waals surface area (Å²) in [5.41, 5.74) is 0. The van der Waals surface area contributed by atoms with E-state index in [0.717, 1.165) is 15.2 Å². The van der Waals surface area contributed by atoms with Crippen molar-refractivity contribution in [3.05, 3.63) is 34.7 Å². The predicted molar refractivity (Wildman–Crippen MR) is 56.0 cm³/mol. The van der Waals surface area contributed by atoms with Crippen molar-refractivity contribution >= 4 is 26.7 Å². The van der Waals surface area contributed by atoms with Crippen molar-refractivity contribution in [3.8, 4) is 5.88 Å². The summed E-state index contributed by atoms with van der Waals surface area (Å²) in [6.45, 7) is 0. The Bertz CT molecular complexity index is 487. The predicted octanol–water partition coefficient (Wildman–Crippen LogP) is 3.15. The second-order valence-corrected chi connectivity index (χ2v) is 3.66. The van der Waals surface area contributed by atoms with Gasteiger partial charge in [-0.05, 0) is 34.1 Å². The van der Waals surface area contributed by atoms with Crippen LogP contribution < -0.4 is 4.74 Å². The van der Waals surface area contributed by atoms with Crippen LogP contribution in [0.25, 0.3) is 10.8 Å². The van der Waals surface area contributed by atoms with Crippen LogP contribution in [0.3, 0.4) is 0 Å². The molecule has 2 nitrogen and oxygen atoms in total. The first-order valence-electron chi connectivity index (χ1n) is 4.00. The maximum atomic E-state index is 13.0. The molecule has 0 bridgehead atoms. The minimum Gasteiger partial charge on any atom is -0.481 e. The molecule has 0 radical (unpaired) electrons. The summed E-state index contributed by atoms with van der Waals surface area (Å²) < 4.78 is 18.8. The molecule has 0 aliphatic heterocycles. The Morgan fingerprint density at radius 1 is 1.36 bits per heavy atom. The van der Waals surface area contributed by atoms with Crippen LogP contribution >= 0.6 is 15.9 Å². The third-order valence-electron chi connectivity index (χ3n) is 1.96. The van der Waals surface area contributed by atoms with Crippen molar-refractivity contribution in [1.82, 2.24) is 4.98 Å². The monoisotopic (exact) mass is 255 g/mol. The second kappa shape index (κ2) is 3.53. The van der Waals surface area contributed by atoms with E-state index in [-0.39, 0.29) is 5.82 Å². The molecule has 0 fully saturated rings. The number of aromatic nitrogens is 1. The van der Waals surface area contributed by atoms with Gasteiger partial charge in [-0.25, -0.2) is 9.37 Å². The van der Waals surface area contributed by atoms with Gasteiger partial charge in [-0.2, -0.15) is 0 Å². The number of halogens is 2. The first-order chi connectivity index (χ1) is 6.72. The maximum Gasteiger partial charge on any atom is 0.221 e. The normalized spacial score (nSPS) is 10.5. The summed E-state index contributed by atoms with van der Waals surface area (Å²) in [6.07, 6.45) is 1.60. The third kappa shape index (κ3) is 1.46. The molecule has 72 valence electrons. The fraction of sp³-hybridized carbons (Fsp3) is 0.100. The van der Waals surface area contributed by atoms with Crippen molar-refractivity contribution in [3.63, 3.8) is 0 Å². The number of nitrogens with zero attached hydrogens (tertiary/aromatic N) is 1. The number of ether oxygens (including phenoxy) is 1. The van der Waals surface area contributed by atoms with E-state index in [2.05, 4.69) is 20.9 Å². The highest BCUT2D eigenvalue weighted by Gasteiger charge is 2.06. The molecular weight excluding hydrogens is 249 g/mol. The summed E-state index contributed by atoms with van der Waals surface area (Å²) in [6, 6.07) is 4.49. The minimum absolute atomic E-state index is 0.272. The van der Waals surface area contributed by atoms with Crippen LogP contribution in [0.2, 0.25) is 0 Å². The molecule has 1 aromatic heterocycles. The molecule has 0 aliphatic rings. The molecule has 0 unspecified atom stereocenters. The van der Waals surface area contributed by atoms with Gasteiger partial charge in [-0.15, -0.1) is 0 Å². The number of fused-ring (bicyclic) bond motifs is 1. The number of methoxy groups -OCH3 is 1. The van der Waals surface area contributed by atoms with E-state index in [1.54, 1.807) is 19.4 Å². The molecule has 0 aliphatic carbocycles. The van der Waals surface area contributed by atoms with E-state index in [1.807, 2.05) is 0 Å². The van der Waals surface area contributed by atoms with Crippen LogP contribution in [0, 0.1) is 5.82 Å². The molecule has 0 amide bonds. The Balaban J connectivity index is 2.84. The maximum absolute atomic E-state index is 13.0. The van der Waals surface area contributed by atoms with Gasteiger partial charge in [0, 0.05) is 21.4 Å². The van der Waals surface area contributed by atoms with E-state index in [1.165, 1.54) is 12.1 Å². The number of hydrogen-bond acceptors (Lipinski definition) is 2. The van der Waals surface area contributed by atoms with Crippen molar-refractivity contribution in [2.45, 2.75) is 0 Å². The van der Waals surface area contributed by atoms with Crippen LogP contribution in [0.4, 0.5) is 4.39 Å². The molecule has 0 saturated carbocycles. The summed E-state index contributed by atoms with van der Waals surface area (Å²) in [5, 5.41) is 1.56. The van der Waals surface area contributed by atoms with Crippen LogP contribution in [0.1, 0.15) is 0 Å². The number of hydrogen-bond donors (Lipinski definition) is 0. The quantitative estimate of drug-likeness (QED) is 0.781. The van der Waals surface area contributed by atoms with Crippen LogP contribution in [-0.4, -0.2) is 12.1 Å². The molecule has 0 spiro atoms. The fourth-order valence-corrected chi connectivity index (χ4v) is 1.75. The zero-order valence-electron chi connectivity index (χ0n) is 7.42. The zero-order valence-corrected chi connectivity index (χ0v) is 9.01. The Morgan fingerprint density at radius 3 is 2.86 bits per heavy atom. The summed E-state index contributed by atoms with van der Waals surface area (Å²) in [7, 11) is 1.54. The van der Waals surface area contributed by atoms with Gasteiger partial charge < -0.3 is 4.74 Å². The Labute approximate surface area is 88.8 Å². The smallest absolute Gasteiger partial charge is 0.221 e. The third-order valence-corrected chi connectivity index (χ3v) is 2.59.